The second-order valence-corrected chi connectivity index (χ2v) is 4.50. The first-order chi connectivity index (χ1) is 8.35. The van der Waals surface area contributed by atoms with Crippen LogP contribution in [0, 0.1) is 0 Å². The minimum Gasteiger partial charge on any atom is -0.377 e. The molecule has 1 aliphatic heterocycles. The van der Waals surface area contributed by atoms with Crippen LogP contribution in [-0.4, -0.2) is 25.8 Å². The molecule has 0 spiro atoms. The molecule has 0 aromatic heterocycles. The van der Waals surface area contributed by atoms with Crippen molar-refractivity contribution in [2.75, 3.05) is 24.6 Å². The quantitative estimate of drug-likeness (QED) is 0.867. The van der Waals surface area contributed by atoms with Gasteiger partial charge in [-0.25, -0.2) is 0 Å². The Hall–Kier alpha value is -1.06. The van der Waals surface area contributed by atoms with Gasteiger partial charge in [0.2, 0.25) is 0 Å². The van der Waals surface area contributed by atoms with E-state index in [9.17, 15) is 0 Å². The molecule has 1 atom stereocenters. The Kier molecular flexibility index (Phi) is 4.40. The Bertz CT molecular complexity index is 352. The summed E-state index contributed by atoms with van der Waals surface area (Å²) in [5.41, 5.74) is 8.30. The molecular formula is C14H22N2O. The number of para-hydroxylation sites is 1. The highest BCUT2D eigenvalue weighted by atomic mass is 16.5. The normalized spacial score (nSPS) is 20.6. The molecule has 0 amide bonds. The average Bonchev–Trinajstić information content (AvgIpc) is 2.39. The van der Waals surface area contributed by atoms with Crippen LogP contribution >= 0.6 is 0 Å². The van der Waals surface area contributed by atoms with Gasteiger partial charge in [-0.05, 0) is 31.4 Å². The van der Waals surface area contributed by atoms with Crippen molar-refractivity contribution in [1.29, 1.82) is 0 Å². The average molecular weight is 234 g/mol. The number of anilines is 1. The molecular weight excluding hydrogens is 212 g/mol. The molecule has 1 heterocycles. The van der Waals surface area contributed by atoms with Crippen molar-refractivity contribution < 1.29 is 4.74 Å². The molecule has 2 N–H and O–H groups in total. The molecule has 3 heteroatoms. The van der Waals surface area contributed by atoms with E-state index in [1.165, 1.54) is 24.1 Å². The third-order valence-corrected chi connectivity index (χ3v) is 3.33. The van der Waals surface area contributed by atoms with E-state index < -0.39 is 0 Å². The minimum absolute atomic E-state index is 0.375. The van der Waals surface area contributed by atoms with Crippen LogP contribution < -0.4 is 10.6 Å². The Morgan fingerprint density at radius 2 is 2.24 bits per heavy atom. The number of ether oxygens (including phenoxy) is 1. The molecule has 1 fully saturated rings. The SMILES string of the molecule is CCOC1CCCN(c2ccccc2CN)C1. The molecule has 0 radical (unpaired) electrons. The van der Waals surface area contributed by atoms with Crippen LogP contribution in [0.4, 0.5) is 5.69 Å². The fourth-order valence-electron chi connectivity index (χ4n) is 2.52. The summed E-state index contributed by atoms with van der Waals surface area (Å²) in [6.45, 7) is 5.57. The lowest BCUT2D eigenvalue weighted by atomic mass is 10.1. The Balaban J connectivity index is 2.10. The third-order valence-electron chi connectivity index (χ3n) is 3.33. The molecule has 3 nitrogen and oxygen atoms in total. The van der Waals surface area contributed by atoms with Crippen molar-refractivity contribution in [1.82, 2.24) is 0 Å². The van der Waals surface area contributed by atoms with Crippen molar-refractivity contribution in [3.63, 3.8) is 0 Å². The summed E-state index contributed by atoms with van der Waals surface area (Å²) in [6.07, 6.45) is 2.75. The zero-order valence-electron chi connectivity index (χ0n) is 10.6. The van der Waals surface area contributed by atoms with Gasteiger partial charge in [0.1, 0.15) is 0 Å². The van der Waals surface area contributed by atoms with Gasteiger partial charge in [0, 0.05) is 31.9 Å². The molecule has 17 heavy (non-hydrogen) atoms. The lowest BCUT2D eigenvalue weighted by Crippen LogP contribution is -2.40. The lowest BCUT2D eigenvalue weighted by molar-refractivity contribution is 0.0526. The zero-order chi connectivity index (χ0) is 12.1. The molecule has 1 saturated heterocycles. The van der Waals surface area contributed by atoms with Crippen molar-refractivity contribution in [3.05, 3.63) is 29.8 Å². The molecule has 0 aliphatic carbocycles. The van der Waals surface area contributed by atoms with E-state index in [2.05, 4.69) is 36.1 Å². The van der Waals surface area contributed by atoms with Crippen LogP contribution in [0.1, 0.15) is 25.3 Å². The van der Waals surface area contributed by atoms with Crippen LogP contribution in [0.15, 0.2) is 24.3 Å². The van der Waals surface area contributed by atoms with E-state index in [1.807, 2.05) is 0 Å². The van der Waals surface area contributed by atoms with E-state index >= 15 is 0 Å². The Labute approximate surface area is 104 Å². The smallest absolute Gasteiger partial charge is 0.0750 e. The standard InChI is InChI=1S/C14H22N2O/c1-2-17-13-7-5-9-16(11-13)14-8-4-3-6-12(14)10-15/h3-4,6,8,13H,2,5,7,9-11,15H2,1H3. The minimum atomic E-state index is 0.375. The van der Waals surface area contributed by atoms with Crippen molar-refractivity contribution in [3.8, 4) is 0 Å². The van der Waals surface area contributed by atoms with Crippen molar-refractivity contribution in [2.24, 2.45) is 5.73 Å². The number of piperidine rings is 1. The molecule has 0 saturated carbocycles. The molecule has 1 aromatic rings. The van der Waals surface area contributed by atoms with E-state index in [0.29, 0.717) is 12.6 Å². The van der Waals surface area contributed by atoms with Crippen LogP contribution in [0.25, 0.3) is 0 Å². The van der Waals surface area contributed by atoms with E-state index in [-0.39, 0.29) is 0 Å². The highest BCUT2D eigenvalue weighted by Crippen LogP contribution is 2.24. The molecule has 2 rings (SSSR count). The van der Waals surface area contributed by atoms with E-state index in [1.54, 1.807) is 0 Å². The first-order valence-electron chi connectivity index (χ1n) is 6.49. The third kappa shape index (κ3) is 2.99. The van der Waals surface area contributed by atoms with Gasteiger partial charge in [0.05, 0.1) is 6.10 Å². The summed E-state index contributed by atoms with van der Waals surface area (Å²) >= 11 is 0. The van der Waals surface area contributed by atoms with Crippen molar-refractivity contribution in [2.45, 2.75) is 32.4 Å². The van der Waals surface area contributed by atoms with Crippen LogP contribution in [0.2, 0.25) is 0 Å². The topological polar surface area (TPSA) is 38.5 Å². The predicted octanol–water partition coefficient (Wildman–Crippen LogP) is 2.15. The van der Waals surface area contributed by atoms with Gasteiger partial charge in [-0.3, -0.25) is 0 Å². The summed E-state index contributed by atoms with van der Waals surface area (Å²) in [7, 11) is 0. The van der Waals surface area contributed by atoms with E-state index in [0.717, 1.165) is 19.7 Å². The van der Waals surface area contributed by atoms with Gasteiger partial charge in [-0.2, -0.15) is 0 Å². The molecule has 1 aliphatic rings. The molecule has 94 valence electrons. The highest BCUT2D eigenvalue weighted by molar-refractivity contribution is 5.54. The number of hydrogen-bond donors (Lipinski definition) is 1. The van der Waals surface area contributed by atoms with Gasteiger partial charge < -0.3 is 15.4 Å². The second kappa shape index (κ2) is 6.03. The van der Waals surface area contributed by atoms with Gasteiger partial charge >= 0.3 is 0 Å². The number of hydrogen-bond acceptors (Lipinski definition) is 3. The summed E-state index contributed by atoms with van der Waals surface area (Å²) < 4.78 is 5.74. The van der Waals surface area contributed by atoms with Gasteiger partial charge in [-0.15, -0.1) is 0 Å². The number of benzene rings is 1. The maximum Gasteiger partial charge on any atom is 0.0750 e. The first-order valence-corrected chi connectivity index (χ1v) is 6.49. The number of nitrogens with zero attached hydrogens (tertiary/aromatic N) is 1. The molecule has 0 bridgehead atoms. The summed E-state index contributed by atoms with van der Waals surface area (Å²) in [6, 6.07) is 8.41. The summed E-state index contributed by atoms with van der Waals surface area (Å²) in [4.78, 5) is 2.41. The van der Waals surface area contributed by atoms with Gasteiger partial charge in [0.15, 0.2) is 0 Å². The zero-order valence-corrected chi connectivity index (χ0v) is 10.6. The van der Waals surface area contributed by atoms with E-state index in [4.69, 9.17) is 10.5 Å². The second-order valence-electron chi connectivity index (χ2n) is 4.50. The maximum absolute atomic E-state index is 5.79. The van der Waals surface area contributed by atoms with Crippen molar-refractivity contribution >= 4 is 5.69 Å². The van der Waals surface area contributed by atoms with Gasteiger partial charge in [0.25, 0.3) is 0 Å². The largest absolute Gasteiger partial charge is 0.377 e. The monoisotopic (exact) mass is 234 g/mol. The Morgan fingerprint density at radius 1 is 1.41 bits per heavy atom. The Morgan fingerprint density at radius 3 is 3.00 bits per heavy atom. The summed E-state index contributed by atoms with van der Waals surface area (Å²) in [5.74, 6) is 0. The fourth-order valence-corrected chi connectivity index (χ4v) is 2.52. The fraction of sp³-hybridized carbons (Fsp3) is 0.571. The molecule has 1 aromatic carbocycles. The maximum atomic E-state index is 5.79. The van der Waals surface area contributed by atoms with Crippen LogP contribution in [-0.2, 0) is 11.3 Å². The van der Waals surface area contributed by atoms with Crippen LogP contribution in [0.3, 0.4) is 0 Å². The molecule has 1 unspecified atom stereocenters. The van der Waals surface area contributed by atoms with Crippen LogP contribution in [0.5, 0.6) is 0 Å². The van der Waals surface area contributed by atoms with Gasteiger partial charge in [-0.1, -0.05) is 18.2 Å². The number of rotatable bonds is 4. The first kappa shape index (κ1) is 12.4. The highest BCUT2D eigenvalue weighted by Gasteiger charge is 2.21. The predicted molar refractivity (Wildman–Crippen MR) is 71.2 cm³/mol. The number of nitrogens with two attached hydrogens (primary N) is 1. The lowest BCUT2D eigenvalue weighted by Gasteiger charge is -2.35. The summed E-state index contributed by atoms with van der Waals surface area (Å²) in [5, 5.41) is 0.